The Balaban J connectivity index is 1.86. The third-order valence-corrected chi connectivity index (χ3v) is 3.32. The molecule has 0 spiro atoms. The first-order valence-corrected chi connectivity index (χ1v) is 6.92. The molecule has 1 aromatic carbocycles. The van der Waals surface area contributed by atoms with Crippen LogP contribution in [0.1, 0.15) is 35.8 Å². The monoisotopic (exact) mass is 284 g/mol. The van der Waals surface area contributed by atoms with Crippen LogP contribution in [0.15, 0.2) is 36.4 Å². The van der Waals surface area contributed by atoms with Crippen LogP contribution in [0, 0.1) is 0 Å². The van der Waals surface area contributed by atoms with Crippen molar-refractivity contribution in [3.8, 4) is 5.88 Å². The Hall–Kier alpha value is -2.43. The molecule has 2 aromatic rings. The van der Waals surface area contributed by atoms with Gasteiger partial charge in [-0.2, -0.15) is 4.98 Å². The molecule has 0 unspecified atom stereocenters. The lowest BCUT2D eigenvalue weighted by Crippen LogP contribution is -2.11. The van der Waals surface area contributed by atoms with Gasteiger partial charge in [-0.3, -0.25) is 0 Å². The minimum atomic E-state index is -0.763. The summed E-state index contributed by atoms with van der Waals surface area (Å²) in [6.45, 7) is 0. The minimum absolute atomic E-state index is 0.254. The number of aromatic nitrogens is 2. The average molecular weight is 284 g/mol. The number of rotatable bonds is 4. The molecule has 0 radical (unpaired) electrons. The predicted octanol–water partition coefficient (Wildman–Crippen LogP) is 3.09. The van der Waals surface area contributed by atoms with Crippen LogP contribution in [0.4, 0.5) is 4.79 Å². The number of hydrogen-bond donors (Lipinski definition) is 0. The molecular formula is C16H16N2O3. The number of benzene rings is 1. The van der Waals surface area contributed by atoms with Gasteiger partial charge in [0.2, 0.25) is 5.88 Å². The van der Waals surface area contributed by atoms with Gasteiger partial charge in [0.25, 0.3) is 0 Å². The highest BCUT2D eigenvalue weighted by Gasteiger charge is 2.26. The van der Waals surface area contributed by atoms with Crippen molar-refractivity contribution in [1.29, 1.82) is 0 Å². The molecule has 1 aliphatic carbocycles. The van der Waals surface area contributed by atoms with Crippen LogP contribution in [0.25, 0.3) is 0 Å². The quantitative estimate of drug-likeness (QED) is 0.807. The van der Waals surface area contributed by atoms with Crippen molar-refractivity contribution in [2.45, 2.75) is 25.2 Å². The lowest BCUT2D eigenvalue weighted by molar-refractivity contribution is 0.119. The van der Waals surface area contributed by atoms with Crippen LogP contribution < -0.4 is 4.74 Å². The molecule has 0 atom stereocenters. The van der Waals surface area contributed by atoms with Crippen molar-refractivity contribution < 1.29 is 14.3 Å². The summed E-state index contributed by atoms with van der Waals surface area (Å²) >= 11 is 0. The molecule has 1 aromatic heterocycles. The van der Waals surface area contributed by atoms with Gasteiger partial charge in [0.15, 0.2) is 0 Å². The second-order valence-electron chi connectivity index (χ2n) is 5.04. The summed E-state index contributed by atoms with van der Waals surface area (Å²) in [7, 11) is 1.27. The fourth-order valence-corrected chi connectivity index (χ4v) is 2.12. The molecule has 1 aliphatic rings. The van der Waals surface area contributed by atoms with Gasteiger partial charge in [0.1, 0.15) is 5.82 Å². The number of carbonyl (C=O) groups excluding carboxylic acids is 1. The van der Waals surface area contributed by atoms with Crippen LogP contribution in [0.3, 0.4) is 0 Å². The van der Waals surface area contributed by atoms with Crippen molar-refractivity contribution in [2.75, 3.05) is 7.11 Å². The highest BCUT2D eigenvalue weighted by atomic mass is 16.7. The molecule has 5 nitrogen and oxygen atoms in total. The zero-order valence-electron chi connectivity index (χ0n) is 11.8. The van der Waals surface area contributed by atoms with E-state index in [9.17, 15) is 4.79 Å². The Bertz CT molecular complexity index is 639. The van der Waals surface area contributed by atoms with Gasteiger partial charge in [-0.25, -0.2) is 9.78 Å². The first kappa shape index (κ1) is 13.5. The van der Waals surface area contributed by atoms with E-state index in [4.69, 9.17) is 4.74 Å². The van der Waals surface area contributed by atoms with Gasteiger partial charge in [0, 0.05) is 18.4 Å². The molecule has 3 rings (SSSR count). The molecule has 1 fully saturated rings. The van der Waals surface area contributed by atoms with Crippen LogP contribution in [-0.4, -0.2) is 23.2 Å². The summed E-state index contributed by atoms with van der Waals surface area (Å²) in [5.74, 6) is 1.37. The highest BCUT2D eigenvalue weighted by Crippen LogP contribution is 2.39. The standard InChI is InChI=1S/C16H16N2O3/c1-20-16(19)21-15-10-13(12-7-8-12)17-14(18-15)9-11-5-3-2-4-6-11/h2-6,10,12H,7-9H2,1H3. The third-order valence-electron chi connectivity index (χ3n) is 3.32. The SMILES string of the molecule is COC(=O)Oc1cc(C2CC2)nc(Cc2ccccc2)n1. The van der Waals surface area contributed by atoms with E-state index >= 15 is 0 Å². The molecule has 0 amide bonds. The third kappa shape index (κ3) is 3.56. The summed E-state index contributed by atoms with van der Waals surface area (Å²) in [6, 6.07) is 11.7. The van der Waals surface area contributed by atoms with E-state index in [2.05, 4.69) is 14.7 Å². The Morgan fingerprint density at radius 3 is 2.67 bits per heavy atom. The van der Waals surface area contributed by atoms with Gasteiger partial charge in [-0.05, 0) is 18.4 Å². The van der Waals surface area contributed by atoms with Gasteiger partial charge in [0.05, 0.1) is 12.8 Å². The zero-order chi connectivity index (χ0) is 14.7. The maximum absolute atomic E-state index is 11.2. The van der Waals surface area contributed by atoms with Crippen molar-refractivity contribution in [3.05, 3.63) is 53.5 Å². The molecule has 0 saturated heterocycles. The Labute approximate surface area is 123 Å². The molecule has 1 saturated carbocycles. The fraction of sp³-hybridized carbons (Fsp3) is 0.312. The van der Waals surface area contributed by atoms with E-state index < -0.39 is 6.16 Å². The van der Waals surface area contributed by atoms with Gasteiger partial charge in [-0.15, -0.1) is 0 Å². The lowest BCUT2D eigenvalue weighted by atomic mass is 10.1. The molecule has 0 bridgehead atoms. The molecular weight excluding hydrogens is 268 g/mol. The molecule has 0 N–H and O–H groups in total. The lowest BCUT2D eigenvalue weighted by Gasteiger charge is -2.07. The van der Waals surface area contributed by atoms with Crippen LogP contribution in [0.2, 0.25) is 0 Å². The normalized spacial score (nSPS) is 13.8. The molecule has 0 aliphatic heterocycles. The first-order chi connectivity index (χ1) is 10.2. The van der Waals surface area contributed by atoms with E-state index in [1.165, 1.54) is 7.11 Å². The van der Waals surface area contributed by atoms with Crippen LogP contribution in [0.5, 0.6) is 5.88 Å². The minimum Gasteiger partial charge on any atom is -0.437 e. The van der Waals surface area contributed by atoms with Gasteiger partial charge < -0.3 is 9.47 Å². The maximum atomic E-state index is 11.2. The van der Waals surface area contributed by atoms with Gasteiger partial charge >= 0.3 is 6.16 Å². The summed E-state index contributed by atoms with van der Waals surface area (Å²) in [5, 5.41) is 0. The fourth-order valence-electron chi connectivity index (χ4n) is 2.12. The number of ether oxygens (including phenoxy) is 2. The van der Waals surface area contributed by atoms with Crippen molar-refractivity contribution in [2.24, 2.45) is 0 Å². The summed E-state index contributed by atoms with van der Waals surface area (Å²) in [5.41, 5.74) is 2.06. The summed E-state index contributed by atoms with van der Waals surface area (Å²) in [4.78, 5) is 20.1. The highest BCUT2D eigenvalue weighted by molar-refractivity contribution is 5.62. The molecule has 108 valence electrons. The zero-order valence-corrected chi connectivity index (χ0v) is 11.8. The number of nitrogens with zero attached hydrogens (tertiary/aromatic N) is 2. The largest absolute Gasteiger partial charge is 0.514 e. The van der Waals surface area contributed by atoms with Crippen LogP contribution >= 0.6 is 0 Å². The molecule has 21 heavy (non-hydrogen) atoms. The first-order valence-electron chi connectivity index (χ1n) is 6.92. The van der Waals surface area contributed by atoms with E-state index in [1.54, 1.807) is 6.07 Å². The average Bonchev–Trinajstić information content (AvgIpc) is 3.32. The topological polar surface area (TPSA) is 61.3 Å². The number of carbonyl (C=O) groups is 1. The molecule has 1 heterocycles. The summed E-state index contributed by atoms with van der Waals surface area (Å²) < 4.78 is 9.55. The van der Waals surface area contributed by atoms with Crippen molar-refractivity contribution in [1.82, 2.24) is 9.97 Å². The van der Waals surface area contributed by atoms with E-state index in [1.807, 2.05) is 30.3 Å². The van der Waals surface area contributed by atoms with E-state index in [0.29, 0.717) is 18.2 Å². The van der Waals surface area contributed by atoms with Crippen molar-refractivity contribution >= 4 is 6.16 Å². The number of methoxy groups -OCH3 is 1. The smallest absolute Gasteiger partial charge is 0.437 e. The van der Waals surface area contributed by atoms with E-state index in [-0.39, 0.29) is 5.88 Å². The van der Waals surface area contributed by atoms with Crippen molar-refractivity contribution in [3.63, 3.8) is 0 Å². The maximum Gasteiger partial charge on any atom is 0.514 e. The predicted molar refractivity (Wildman–Crippen MR) is 76.3 cm³/mol. The summed E-state index contributed by atoms with van der Waals surface area (Å²) in [6.07, 6.45) is 2.10. The Kier molecular flexibility index (Phi) is 3.81. The Morgan fingerprint density at radius 1 is 1.24 bits per heavy atom. The number of hydrogen-bond acceptors (Lipinski definition) is 5. The molecule has 5 heteroatoms. The second kappa shape index (κ2) is 5.91. The second-order valence-corrected chi connectivity index (χ2v) is 5.04. The van der Waals surface area contributed by atoms with E-state index in [0.717, 1.165) is 24.1 Å². The van der Waals surface area contributed by atoms with Crippen LogP contribution in [-0.2, 0) is 11.2 Å². The Morgan fingerprint density at radius 2 is 2.00 bits per heavy atom. The van der Waals surface area contributed by atoms with Gasteiger partial charge in [-0.1, -0.05) is 30.3 Å².